The van der Waals surface area contributed by atoms with Crippen molar-refractivity contribution < 1.29 is 4.80 Å². The highest BCUT2D eigenvalue weighted by atomic mass is 28.4. The summed E-state index contributed by atoms with van der Waals surface area (Å²) in [7, 11) is -2.10. The second-order valence-electron chi connectivity index (χ2n) is 3.39. The Morgan fingerprint density at radius 2 is 1.75 bits per heavy atom. The van der Waals surface area contributed by atoms with E-state index in [-0.39, 0.29) is 0 Å². The van der Waals surface area contributed by atoms with Crippen LogP contribution in [0.3, 0.4) is 0 Å². The third-order valence-corrected chi connectivity index (χ3v) is 3.60. The van der Waals surface area contributed by atoms with E-state index in [0.717, 1.165) is 10.8 Å². The summed E-state index contributed by atoms with van der Waals surface area (Å²) in [6.07, 6.45) is 1.80. The van der Waals surface area contributed by atoms with Crippen LogP contribution in [-0.4, -0.2) is 13.1 Å². The van der Waals surface area contributed by atoms with Crippen LogP contribution in [0, 0.1) is 0 Å². The fraction of sp³-hybridized carbons (Fsp3) is 0.200. The van der Waals surface area contributed by atoms with Gasteiger partial charge in [0.2, 0.25) is 8.32 Å². The maximum Gasteiger partial charge on any atom is 0.213 e. The van der Waals surface area contributed by atoms with Gasteiger partial charge in [-0.05, 0) is 23.8 Å². The first-order valence-corrected chi connectivity index (χ1v) is 6.94. The molecule has 1 aromatic carbocycles. The molecule has 0 saturated heterocycles. The van der Waals surface area contributed by atoms with Gasteiger partial charge in [0, 0.05) is 0 Å². The Morgan fingerprint density at radius 3 is 2.08 bits per heavy atom. The summed E-state index contributed by atoms with van der Waals surface area (Å²) in [4.78, 5) is 9.77. The zero-order valence-corrected chi connectivity index (χ0v) is 8.54. The van der Waals surface area contributed by atoms with Gasteiger partial charge in [-0.2, -0.15) is 0 Å². The van der Waals surface area contributed by atoms with Crippen molar-refractivity contribution in [3.05, 3.63) is 36.4 Å². The SMILES string of the molecule is C=Cc1ccc([Si](C)(C)O)cc1. The lowest BCUT2D eigenvalue weighted by molar-refractivity contribution is 0.568. The molecular formula is C10H14OSi. The molecule has 0 saturated carbocycles. The number of hydrogen-bond donors (Lipinski definition) is 1. The molecule has 0 fully saturated rings. The normalized spacial score (nSPS) is 11.2. The van der Waals surface area contributed by atoms with Crippen molar-refractivity contribution in [1.29, 1.82) is 0 Å². The largest absolute Gasteiger partial charge is 0.428 e. The molecule has 0 radical (unpaired) electrons. The van der Waals surface area contributed by atoms with Crippen LogP contribution in [0.1, 0.15) is 5.56 Å². The Morgan fingerprint density at radius 1 is 1.25 bits per heavy atom. The lowest BCUT2D eigenvalue weighted by Crippen LogP contribution is -2.41. The van der Waals surface area contributed by atoms with E-state index < -0.39 is 8.32 Å². The van der Waals surface area contributed by atoms with E-state index in [1.807, 2.05) is 37.4 Å². The summed E-state index contributed by atoms with van der Waals surface area (Å²) < 4.78 is 0. The van der Waals surface area contributed by atoms with Gasteiger partial charge in [-0.25, -0.2) is 0 Å². The van der Waals surface area contributed by atoms with E-state index in [1.165, 1.54) is 0 Å². The average molecular weight is 178 g/mol. The first-order valence-electron chi connectivity index (χ1n) is 3.99. The van der Waals surface area contributed by atoms with Gasteiger partial charge in [-0.3, -0.25) is 0 Å². The predicted molar refractivity (Wildman–Crippen MR) is 55.9 cm³/mol. The molecule has 64 valence electrons. The molecule has 2 heteroatoms. The van der Waals surface area contributed by atoms with Gasteiger partial charge in [-0.1, -0.05) is 36.9 Å². The van der Waals surface area contributed by atoms with Crippen LogP contribution in [0.5, 0.6) is 0 Å². The molecule has 0 amide bonds. The minimum atomic E-state index is -2.10. The van der Waals surface area contributed by atoms with Gasteiger partial charge in [0.05, 0.1) is 0 Å². The average Bonchev–Trinajstić information content (AvgIpc) is 2.03. The third kappa shape index (κ3) is 2.06. The highest BCUT2D eigenvalue weighted by molar-refractivity contribution is 6.83. The Kier molecular flexibility index (Phi) is 2.50. The number of benzene rings is 1. The van der Waals surface area contributed by atoms with E-state index in [9.17, 15) is 4.80 Å². The van der Waals surface area contributed by atoms with Crippen LogP contribution < -0.4 is 5.19 Å². The number of rotatable bonds is 2. The van der Waals surface area contributed by atoms with Gasteiger partial charge < -0.3 is 4.80 Å². The Bertz CT molecular complexity index is 269. The second kappa shape index (κ2) is 3.25. The van der Waals surface area contributed by atoms with Crippen molar-refractivity contribution >= 4 is 19.6 Å². The standard InChI is InChI=1S/C10H14OSi/c1-4-9-5-7-10(8-6-9)12(2,3)11/h4-8,11H,1H2,2-3H3. The molecule has 1 aromatic rings. The second-order valence-corrected chi connectivity index (χ2v) is 7.08. The van der Waals surface area contributed by atoms with Crippen molar-refractivity contribution in [3.8, 4) is 0 Å². The molecule has 0 atom stereocenters. The maximum atomic E-state index is 9.77. The van der Waals surface area contributed by atoms with Crippen LogP contribution in [0.25, 0.3) is 6.08 Å². The van der Waals surface area contributed by atoms with E-state index in [2.05, 4.69) is 6.58 Å². The highest BCUT2D eigenvalue weighted by Gasteiger charge is 2.18. The quantitative estimate of drug-likeness (QED) is 0.684. The number of hydrogen-bond acceptors (Lipinski definition) is 1. The summed E-state index contributed by atoms with van der Waals surface area (Å²) in [5.41, 5.74) is 1.09. The molecular weight excluding hydrogens is 164 g/mol. The van der Waals surface area contributed by atoms with Gasteiger partial charge in [0.1, 0.15) is 0 Å². The monoisotopic (exact) mass is 178 g/mol. The van der Waals surface area contributed by atoms with Gasteiger partial charge in [0.25, 0.3) is 0 Å². The van der Waals surface area contributed by atoms with Gasteiger partial charge >= 0.3 is 0 Å². The van der Waals surface area contributed by atoms with Crippen LogP contribution >= 0.6 is 0 Å². The molecule has 1 nitrogen and oxygen atoms in total. The molecule has 0 spiro atoms. The van der Waals surface area contributed by atoms with Crippen LogP contribution in [0.4, 0.5) is 0 Å². The predicted octanol–water partition coefficient (Wildman–Crippen LogP) is 1.73. The van der Waals surface area contributed by atoms with Gasteiger partial charge in [-0.15, -0.1) is 0 Å². The lowest BCUT2D eigenvalue weighted by atomic mass is 10.2. The Labute approximate surface area is 74.5 Å². The maximum absolute atomic E-state index is 9.77. The summed E-state index contributed by atoms with van der Waals surface area (Å²) >= 11 is 0. The zero-order valence-electron chi connectivity index (χ0n) is 7.54. The molecule has 0 unspecified atom stereocenters. The summed E-state index contributed by atoms with van der Waals surface area (Å²) in [6.45, 7) is 7.50. The fourth-order valence-corrected chi connectivity index (χ4v) is 2.01. The zero-order chi connectivity index (χ0) is 9.19. The van der Waals surface area contributed by atoms with E-state index >= 15 is 0 Å². The molecule has 0 aliphatic heterocycles. The summed E-state index contributed by atoms with van der Waals surface area (Å²) in [5.74, 6) is 0. The Balaban J connectivity index is 3.00. The summed E-state index contributed by atoms with van der Waals surface area (Å²) in [6, 6.07) is 7.91. The summed E-state index contributed by atoms with van der Waals surface area (Å²) in [5, 5.41) is 1.06. The van der Waals surface area contributed by atoms with E-state index in [4.69, 9.17) is 0 Å². The van der Waals surface area contributed by atoms with E-state index in [1.54, 1.807) is 6.08 Å². The van der Waals surface area contributed by atoms with E-state index in [0.29, 0.717) is 0 Å². The third-order valence-electron chi connectivity index (χ3n) is 1.85. The molecule has 0 aliphatic rings. The topological polar surface area (TPSA) is 20.2 Å². The smallest absolute Gasteiger partial charge is 0.213 e. The minimum absolute atomic E-state index is 1.06. The van der Waals surface area contributed by atoms with Crippen molar-refractivity contribution in [2.45, 2.75) is 13.1 Å². The fourth-order valence-electron chi connectivity index (χ4n) is 1.03. The molecule has 1 rings (SSSR count). The van der Waals surface area contributed by atoms with Crippen LogP contribution in [-0.2, 0) is 0 Å². The molecule has 0 bridgehead atoms. The van der Waals surface area contributed by atoms with Crippen molar-refractivity contribution in [2.24, 2.45) is 0 Å². The highest BCUT2D eigenvalue weighted by Crippen LogP contribution is 2.02. The minimum Gasteiger partial charge on any atom is -0.428 e. The van der Waals surface area contributed by atoms with Crippen molar-refractivity contribution in [1.82, 2.24) is 0 Å². The first kappa shape index (κ1) is 9.23. The van der Waals surface area contributed by atoms with Crippen LogP contribution in [0.15, 0.2) is 30.8 Å². The molecule has 1 N–H and O–H groups in total. The lowest BCUT2D eigenvalue weighted by Gasteiger charge is -2.14. The first-order chi connectivity index (χ1) is 5.54. The van der Waals surface area contributed by atoms with Gasteiger partial charge in [0.15, 0.2) is 0 Å². The van der Waals surface area contributed by atoms with Crippen LogP contribution in [0.2, 0.25) is 13.1 Å². The van der Waals surface area contributed by atoms with Crippen molar-refractivity contribution in [3.63, 3.8) is 0 Å². The Hall–Kier alpha value is -0.863. The molecule has 0 heterocycles. The molecule has 0 aromatic heterocycles. The van der Waals surface area contributed by atoms with Crippen molar-refractivity contribution in [2.75, 3.05) is 0 Å². The molecule has 12 heavy (non-hydrogen) atoms. The molecule has 0 aliphatic carbocycles.